The molecule has 0 aliphatic rings. The van der Waals surface area contributed by atoms with Crippen LogP contribution in [0.1, 0.15) is 5.69 Å². The minimum absolute atomic E-state index is 0.0389. The van der Waals surface area contributed by atoms with Gasteiger partial charge in [-0.2, -0.15) is 0 Å². The van der Waals surface area contributed by atoms with Crippen LogP contribution in [0.15, 0.2) is 47.5 Å². The molecule has 0 bridgehead atoms. The molecule has 0 saturated heterocycles. The van der Waals surface area contributed by atoms with Crippen LogP contribution in [0, 0.1) is 0 Å². The third kappa shape index (κ3) is 4.89. The van der Waals surface area contributed by atoms with E-state index in [1.54, 1.807) is 30.5 Å². The molecular formula is C18H19N5O5S. The first-order chi connectivity index (χ1) is 13.8. The van der Waals surface area contributed by atoms with Gasteiger partial charge < -0.3 is 21.1 Å². The molecule has 0 radical (unpaired) electrons. The van der Waals surface area contributed by atoms with Crippen LogP contribution in [0.5, 0.6) is 0 Å². The number of nitrogens with one attached hydrogen (secondary N) is 3. The first-order valence-electron chi connectivity index (χ1n) is 8.58. The lowest BCUT2D eigenvalue weighted by Crippen LogP contribution is -2.33. The van der Waals surface area contributed by atoms with Gasteiger partial charge in [0.2, 0.25) is 15.9 Å². The summed E-state index contributed by atoms with van der Waals surface area (Å²) in [6, 6.07) is 9.85. The van der Waals surface area contributed by atoms with Crippen molar-refractivity contribution in [2.75, 3.05) is 13.1 Å². The van der Waals surface area contributed by atoms with Crippen molar-refractivity contribution in [3.05, 3.63) is 48.3 Å². The van der Waals surface area contributed by atoms with Gasteiger partial charge in [0.25, 0.3) is 0 Å². The van der Waals surface area contributed by atoms with Crippen molar-refractivity contribution < 1.29 is 23.1 Å². The summed E-state index contributed by atoms with van der Waals surface area (Å²) in [6.07, 6.45) is 0.458. The predicted octanol–water partition coefficient (Wildman–Crippen LogP) is 0.804. The molecule has 2 aromatic heterocycles. The Bertz CT molecular complexity index is 1160. The summed E-state index contributed by atoms with van der Waals surface area (Å²) in [6.45, 7) is -0.101. The molecule has 3 rings (SSSR count). The standard InChI is InChI=1S/C18H19N5O5S/c19-16(24)10-12-9-15-14(5-6-20-17(15)23-12)11-1-3-13(4-2-11)29(27,28)22-8-7-21-18(25)26/h1-6,9,21-22H,7-8,10H2,(H2,19,24)(H,20,23)(H,25,26). The summed E-state index contributed by atoms with van der Waals surface area (Å²) in [5.74, 6) is -0.460. The maximum absolute atomic E-state index is 12.3. The van der Waals surface area contributed by atoms with Crippen LogP contribution in [0.2, 0.25) is 0 Å². The Morgan fingerprint density at radius 3 is 2.52 bits per heavy atom. The highest BCUT2D eigenvalue weighted by atomic mass is 32.2. The van der Waals surface area contributed by atoms with E-state index in [9.17, 15) is 18.0 Å². The number of fused-ring (bicyclic) bond motifs is 1. The molecule has 3 aromatic rings. The van der Waals surface area contributed by atoms with E-state index in [-0.39, 0.29) is 24.4 Å². The van der Waals surface area contributed by atoms with Crippen molar-refractivity contribution in [2.45, 2.75) is 11.3 Å². The van der Waals surface area contributed by atoms with E-state index in [0.29, 0.717) is 11.3 Å². The molecule has 2 amide bonds. The quantitative estimate of drug-likeness (QED) is 0.340. The van der Waals surface area contributed by atoms with E-state index in [0.717, 1.165) is 16.5 Å². The number of nitrogens with zero attached hydrogens (tertiary/aromatic N) is 1. The Balaban J connectivity index is 1.82. The van der Waals surface area contributed by atoms with Crippen LogP contribution in [-0.2, 0) is 21.2 Å². The highest BCUT2D eigenvalue weighted by Gasteiger charge is 2.15. The first kappa shape index (κ1) is 20.3. The maximum Gasteiger partial charge on any atom is 0.404 e. The Morgan fingerprint density at radius 2 is 1.86 bits per heavy atom. The summed E-state index contributed by atoms with van der Waals surface area (Å²) in [5.41, 5.74) is 8.08. The third-order valence-electron chi connectivity index (χ3n) is 4.12. The number of primary amides is 1. The normalized spacial score (nSPS) is 11.4. The molecule has 0 spiro atoms. The number of hydrogen-bond donors (Lipinski definition) is 5. The number of carbonyl (C=O) groups is 2. The van der Waals surface area contributed by atoms with Gasteiger partial charge in [0.15, 0.2) is 0 Å². The minimum Gasteiger partial charge on any atom is -0.465 e. The van der Waals surface area contributed by atoms with Gasteiger partial charge in [-0.05, 0) is 35.4 Å². The number of benzene rings is 1. The molecule has 0 aliphatic heterocycles. The number of nitrogens with two attached hydrogens (primary N) is 1. The van der Waals surface area contributed by atoms with Gasteiger partial charge in [0.1, 0.15) is 5.65 Å². The lowest BCUT2D eigenvalue weighted by molar-refractivity contribution is -0.117. The molecule has 10 nitrogen and oxygen atoms in total. The Hall–Kier alpha value is -3.44. The Labute approximate surface area is 166 Å². The van der Waals surface area contributed by atoms with E-state index in [2.05, 4.69) is 20.0 Å². The van der Waals surface area contributed by atoms with Gasteiger partial charge in [-0.1, -0.05) is 12.1 Å². The second kappa shape index (κ2) is 8.29. The molecule has 6 N–H and O–H groups in total. The number of pyridine rings is 1. The molecule has 0 saturated carbocycles. The number of rotatable bonds is 8. The van der Waals surface area contributed by atoms with Crippen molar-refractivity contribution in [3.8, 4) is 11.1 Å². The van der Waals surface area contributed by atoms with Crippen LogP contribution < -0.4 is 15.8 Å². The van der Waals surface area contributed by atoms with Gasteiger partial charge >= 0.3 is 6.09 Å². The molecule has 11 heteroatoms. The van der Waals surface area contributed by atoms with Crippen molar-refractivity contribution in [1.29, 1.82) is 0 Å². The summed E-state index contributed by atoms with van der Waals surface area (Å²) >= 11 is 0. The van der Waals surface area contributed by atoms with Crippen LogP contribution in [-0.4, -0.2) is 48.6 Å². The Morgan fingerprint density at radius 1 is 1.14 bits per heavy atom. The van der Waals surface area contributed by atoms with Gasteiger partial charge in [-0.15, -0.1) is 0 Å². The maximum atomic E-state index is 12.3. The van der Waals surface area contributed by atoms with Crippen LogP contribution in [0.25, 0.3) is 22.2 Å². The summed E-state index contributed by atoms with van der Waals surface area (Å²) in [4.78, 5) is 28.9. The van der Waals surface area contributed by atoms with Crippen molar-refractivity contribution in [1.82, 2.24) is 20.0 Å². The van der Waals surface area contributed by atoms with E-state index >= 15 is 0 Å². The van der Waals surface area contributed by atoms with Gasteiger partial charge in [-0.3, -0.25) is 4.79 Å². The molecule has 1 aromatic carbocycles. The van der Waals surface area contributed by atoms with E-state index in [1.165, 1.54) is 12.1 Å². The smallest absolute Gasteiger partial charge is 0.404 e. The lowest BCUT2D eigenvalue weighted by Gasteiger charge is -2.08. The predicted molar refractivity (Wildman–Crippen MR) is 106 cm³/mol. The average Bonchev–Trinajstić information content (AvgIpc) is 3.07. The first-order valence-corrected chi connectivity index (χ1v) is 10.1. The van der Waals surface area contributed by atoms with Crippen molar-refractivity contribution >= 4 is 33.1 Å². The summed E-state index contributed by atoms with van der Waals surface area (Å²) in [5, 5.41) is 11.4. The highest BCUT2D eigenvalue weighted by molar-refractivity contribution is 7.89. The zero-order chi connectivity index (χ0) is 21.0. The van der Waals surface area contributed by atoms with Gasteiger partial charge in [-0.25, -0.2) is 22.9 Å². The molecule has 0 fully saturated rings. The minimum atomic E-state index is -3.76. The largest absolute Gasteiger partial charge is 0.465 e. The topological polar surface area (TPSA) is 167 Å². The summed E-state index contributed by atoms with van der Waals surface area (Å²) in [7, 11) is -3.76. The van der Waals surface area contributed by atoms with E-state index in [4.69, 9.17) is 10.8 Å². The number of aromatic amines is 1. The highest BCUT2D eigenvalue weighted by Crippen LogP contribution is 2.29. The van der Waals surface area contributed by atoms with E-state index in [1.807, 2.05) is 0 Å². The number of hydrogen-bond acceptors (Lipinski definition) is 5. The number of carbonyl (C=O) groups excluding carboxylic acids is 1. The van der Waals surface area contributed by atoms with E-state index < -0.39 is 22.0 Å². The van der Waals surface area contributed by atoms with Crippen LogP contribution >= 0.6 is 0 Å². The van der Waals surface area contributed by atoms with Crippen LogP contribution in [0.3, 0.4) is 0 Å². The van der Waals surface area contributed by atoms with Gasteiger partial charge in [0, 0.05) is 30.4 Å². The van der Waals surface area contributed by atoms with Crippen molar-refractivity contribution in [3.63, 3.8) is 0 Å². The number of carboxylic acid groups (broad SMARTS) is 1. The van der Waals surface area contributed by atoms with Crippen molar-refractivity contribution in [2.24, 2.45) is 5.73 Å². The zero-order valence-electron chi connectivity index (χ0n) is 15.2. The molecular weight excluding hydrogens is 398 g/mol. The average molecular weight is 417 g/mol. The molecule has 2 heterocycles. The van der Waals surface area contributed by atoms with Crippen LogP contribution in [0.4, 0.5) is 4.79 Å². The monoisotopic (exact) mass is 417 g/mol. The number of aromatic nitrogens is 2. The fourth-order valence-corrected chi connectivity index (χ4v) is 3.90. The zero-order valence-corrected chi connectivity index (χ0v) is 16.0. The second-order valence-electron chi connectivity index (χ2n) is 6.21. The SMILES string of the molecule is NC(=O)Cc1cc2c(-c3ccc(S(=O)(=O)NCCNC(=O)O)cc3)ccnc2[nH]1. The Kier molecular flexibility index (Phi) is 5.80. The molecule has 0 aliphatic carbocycles. The third-order valence-corrected chi connectivity index (χ3v) is 5.60. The fourth-order valence-electron chi connectivity index (χ4n) is 2.87. The molecule has 29 heavy (non-hydrogen) atoms. The lowest BCUT2D eigenvalue weighted by atomic mass is 10.0. The number of sulfonamides is 1. The second-order valence-corrected chi connectivity index (χ2v) is 7.98. The number of H-pyrrole nitrogens is 1. The molecule has 0 unspecified atom stereocenters. The van der Waals surface area contributed by atoms with Gasteiger partial charge in [0.05, 0.1) is 11.3 Å². The molecule has 0 atom stereocenters. The molecule has 152 valence electrons. The number of amides is 2. The fraction of sp³-hybridized carbons (Fsp3) is 0.167. The summed E-state index contributed by atoms with van der Waals surface area (Å²) < 4.78 is 26.9.